The Morgan fingerprint density at radius 2 is 1.48 bits per heavy atom. The smallest absolute Gasteiger partial charge is 0.322 e. The van der Waals surface area contributed by atoms with Crippen LogP contribution in [0, 0.1) is 0 Å². The number of benzene rings is 2. The van der Waals surface area contributed by atoms with E-state index in [1.165, 1.54) is 38.1 Å². The Kier molecular flexibility index (Phi) is 5.49. The van der Waals surface area contributed by atoms with E-state index in [2.05, 4.69) is 15.4 Å². The van der Waals surface area contributed by atoms with Crippen LogP contribution < -0.4 is 24.8 Å². The van der Waals surface area contributed by atoms with E-state index in [9.17, 15) is 18.0 Å². The van der Waals surface area contributed by atoms with Crippen molar-refractivity contribution in [2.75, 3.05) is 7.11 Å². The van der Waals surface area contributed by atoms with Gasteiger partial charge in [0.25, 0.3) is 5.91 Å². The third-order valence-electron chi connectivity index (χ3n) is 4.70. The minimum Gasteiger partial charge on any atom is -0.497 e. The number of imide groups is 1. The third kappa shape index (κ3) is 4.33. The lowest BCUT2D eigenvalue weighted by Crippen LogP contribution is -2.59. The van der Waals surface area contributed by atoms with Gasteiger partial charge in [-0.25, -0.2) is 17.9 Å². The van der Waals surface area contributed by atoms with E-state index in [1.54, 1.807) is 31.4 Å². The molecule has 2 atom stereocenters. The summed E-state index contributed by atoms with van der Waals surface area (Å²) in [7, 11) is -2.36. The average Bonchev–Trinajstić information content (AvgIpc) is 2.95. The van der Waals surface area contributed by atoms with Crippen molar-refractivity contribution in [2.24, 2.45) is 0 Å². The van der Waals surface area contributed by atoms with Crippen molar-refractivity contribution < 1.29 is 27.5 Å². The van der Waals surface area contributed by atoms with Gasteiger partial charge in [-0.2, -0.15) is 0 Å². The monoisotopic (exact) mass is 419 g/mol. The Bertz CT molecular complexity index is 1020. The summed E-state index contributed by atoms with van der Waals surface area (Å²) in [5.74, 6) is 1.13. The number of methoxy groups -OCH3 is 1. The first-order valence-corrected chi connectivity index (χ1v) is 10.2. The van der Waals surface area contributed by atoms with Crippen LogP contribution >= 0.6 is 0 Å². The quantitative estimate of drug-likeness (QED) is 0.588. The molecule has 2 aromatic rings. The summed E-state index contributed by atoms with van der Waals surface area (Å²) in [6.45, 7) is 2.95. The number of carbonyl (C=O) groups is 2. The Morgan fingerprint density at radius 3 is 1.97 bits per heavy atom. The summed E-state index contributed by atoms with van der Waals surface area (Å²) >= 11 is 0. The van der Waals surface area contributed by atoms with E-state index in [0.29, 0.717) is 17.2 Å². The normalized spacial score (nSPS) is 20.0. The van der Waals surface area contributed by atoms with Crippen molar-refractivity contribution in [3.05, 3.63) is 48.5 Å². The predicted molar refractivity (Wildman–Crippen MR) is 104 cm³/mol. The summed E-state index contributed by atoms with van der Waals surface area (Å²) in [6.07, 6.45) is 0. The highest BCUT2D eigenvalue weighted by atomic mass is 32.2. The summed E-state index contributed by atoms with van der Waals surface area (Å²) in [5.41, 5.74) is -1.39. The maximum atomic E-state index is 12.7. The fraction of sp³-hybridized carbons (Fsp3) is 0.263. The molecule has 3 amide bonds. The number of hydrogen-bond acceptors (Lipinski definition) is 6. The minimum atomic E-state index is -3.93. The molecule has 1 heterocycles. The van der Waals surface area contributed by atoms with Gasteiger partial charge in [0.15, 0.2) is 0 Å². The zero-order chi connectivity index (χ0) is 21.2. The first-order chi connectivity index (χ1) is 13.6. The highest BCUT2D eigenvalue weighted by molar-refractivity contribution is 7.89. The van der Waals surface area contributed by atoms with Gasteiger partial charge in [-0.05, 0) is 62.4 Å². The lowest BCUT2D eigenvalue weighted by molar-refractivity contribution is -0.124. The van der Waals surface area contributed by atoms with Crippen molar-refractivity contribution in [3.8, 4) is 17.2 Å². The van der Waals surface area contributed by atoms with Gasteiger partial charge in [0.1, 0.15) is 22.8 Å². The van der Waals surface area contributed by atoms with E-state index >= 15 is 0 Å². The van der Waals surface area contributed by atoms with Gasteiger partial charge in [0, 0.05) is 0 Å². The van der Waals surface area contributed by atoms with Crippen LogP contribution in [-0.2, 0) is 14.8 Å². The third-order valence-corrected chi connectivity index (χ3v) is 6.26. The molecule has 0 spiro atoms. The summed E-state index contributed by atoms with van der Waals surface area (Å²) in [4.78, 5) is 23.4. The van der Waals surface area contributed by atoms with Crippen molar-refractivity contribution in [2.45, 2.75) is 30.3 Å². The maximum Gasteiger partial charge on any atom is 0.322 e. The maximum absolute atomic E-state index is 12.7. The fourth-order valence-electron chi connectivity index (χ4n) is 2.75. The van der Waals surface area contributed by atoms with Crippen LogP contribution in [0.4, 0.5) is 4.79 Å². The van der Waals surface area contributed by atoms with E-state index < -0.39 is 33.5 Å². The molecule has 1 aliphatic heterocycles. The molecule has 3 N–H and O–H groups in total. The van der Waals surface area contributed by atoms with Crippen LogP contribution in [0.25, 0.3) is 0 Å². The Hall–Kier alpha value is -3.11. The van der Waals surface area contributed by atoms with Crippen molar-refractivity contribution in [1.82, 2.24) is 15.4 Å². The lowest BCUT2D eigenvalue weighted by atomic mass is 9.95. The number of urea groups is 1. The largest absolute Gasteiger partial charge is 0.497 e. The van der Waals surface area contributed by atoms with Crippen molar-refractivity contribution in [1.29, 1.82) is 0 Å². The molecular weight excluding hydrogens is 398 g/mol. The zero-order valence-electron chi connectivity index (χ0n) is 16.1. The lowest BCUT2D eigenvalue weighted by Gasteiger charge is -2.28. The molecule has 0 bridgehead atoms. The molecule has 1 aliphatic rings. The molecule has 0 aromatic heterocycles. The molecule has 0 aliphatic carbocycles. The molecule has 2 aromatic carbocycles. The van der Waals surface area contributed by atoms with Gasteiger partial charge in [0.05, 0.1) is 18.0 Å². The average molecular weight is 419 g/mol. The molecular formula is C19H21N3O6S. The molecule has 0 radical (unpaired) electrons. The van der Waals surface area contributed by atoms with E-state index in [0.717, 1.165) is 0 Å². The molecule has 3 rings (SSSR count). The number of sulfonamides is 1. The number of nitrogens with one attached hydrogen (secondary N) is 3. The molecule has 9 nitrogen and oxygen atoms in total. The molecule has 154 valence electrons. The van der Waals surface area contributed by atoms with E-state index in [1.807, 2.05) is 0 Å². The predicted octanol–water partition coefficient (Wildman–Crippen LogP) is 1.75. The number of amides is 3. The molecule has 1 unspecified atom stereocenters. The topological polar surface area (TPSA) is 123 Å². The van der Waals surface area contributed by atoms with Crippen molar-refractivity contribution in [3.63, 3.8) is 0 Å². The Morgan fingerprint density at radius 1 is 0.966 bits per heavy atom. The van der Waals surface area contributed by atoms with Crippen LogP contribution in [0.3, 0.4) is 0 Å². The van der Waals surface area contributed by atoms with Gasteiger partial charge >= 0.3 is 6.03 Å². The second kappa shape index (κ2) is 7.72. The van der Waals surface area contributed by atoms with Crippen LogP contribution in [0.2, 0.25) is 0 Å². The van der Waals surface area contributed by atoms with Crippen molar-refractivity contribution >= 4 is 22.0 Å². The minimum absolute atomic E-state index is 0.000220. The van der Waals surface area contributed by atoms with Gasteiger partial charge in [-0.15, -0.1) is 0 Å². The standard InChI is InChI=1S/C19H21N3O6S/c1-12(19(2)17(23)20-18(24)21-19)22-29(25,26)16-10-8-15(9-11-16)28-14-6-4-13(27-3)5-7-14/h4-12,22H,1-3H3,(H2,20,21,23,24)/t12-,19?/m1/s1. The molecule has 10 heteroatoms. The second-order valence-corrected chi connectivity index (χ2v) is 8.42. The van der Waals surface area contributed by atoms with Crippen LogP contribution in [0.1, 0.15) is 13.8 Å². The first kappa shape index (κ1) is 20.6. The Balaban J connectivity index is 1.70. The number of carbonyl (C=O) groups excluding carboxylic acids is 2. The van der Waals surface area contributed by atoms with Crippen LogP contribution in [0.5, 0.6) is 17.2 Å². The Labute approximate surface area is 168 Å². The highest BCUT2D eigenvalue weighted by Gasteiger charge is 2.47. The highest BCUT2D eigenvalue weighted by Crippen LogP contribution is 2.25. The summed E-state index contributed by atoms with van der Waals surface area (Å²) in [5, 5.41) is 4.55. The number of ether oxygens (including phenoxy) is 2. The number of hydrogen-bond donors (Lipinski definition) is 3. The van der Waals surface area contributed by atoms with E-state index in [-0.39, 0.29) is 4.90 Å². The van der Waals surface area contributed by atoms with Crippen LogP contribution in [0.15, 0.2) is 53.4 Å². The second-order valence-electron chi connectivity index (χ2n) is 6.70. The van der Waals surface area contributed by atoms with Crippen LogP contribution in [-0.4, -0.2) is 39.0 Å². The molecule has 1 fully saturated rings. The molecule has 0 saturated carbocycles. The SMILES string of the molecule is COc1ccc(Oc2ccc(S(=O)(=O)N[C@H](C)C3(C)NC(=O)NC3=O)cc2)cc1. The fourth-order valence-corrected chi connectivity index (χ4v) is 4.08. The zero-order valence-corrected chi connectivity index (χ0v) is 16.9. The molecule has 29 heavy (non-hydrogen) atoms. The molecule has 1 saturated heterocycles. The first-order valence-electron chi connectivity index (χ1n) is 8.72. The van der Waals surface area contributed by atoms with Gasteiger partial charge < -0.3 is 14.8 Å². The van der Waals surface area contributed by atoms with Gasteiger partial charge in [-0.3, -0.25) is 10.1 Å². The van der Waals surface area contributed by atoms with E-state index in [4.69, 9.17) is 9.47 Å². The van der Waals surface area contributed by atoms with Gasteiger partial charge in [-0.1, -0.05) is 0 Å². The van der Waals surface area contributed by atoms with Gasteiger partial charge in [0.2, 0.25) is 10.0 Å². The summed E-state index contributed by atoms with van der Waals surface area (Å²) < 4.78 is 38.5. The summed E-state index contributed by atoms with van der Waals surface area (Å²) in [6, 6.07) is 11.2. The number of rotatable bonds is 7.